The third kappa shape index (κ3) is 2.18. The standard InChI is InChI=1S/C9H5BrF6/c10-6-3-1-2-5(4-6)8(13,7(11)12)9(14,15)16/h1-4,7H. The highest BCUT2D eigenvalue weighted by atomic mass is 79.9. The Bertz CT molecular complexity index is 375. The summed E-state index contributed by atoms with van der Waals surface area (Å²) < 4.78 is 75.0. The van der Waals surface area contributed by atoms with E-state index in [-0.39, 0.29) is 4.47 Å². The summed E-state index contributed by atoms with van der Waals surface area (Å²) in [4.78, 5) is 0. The maximum Gasteiger partial charge on any atom is 0.432 e. The molecule has 0 heterocycles. The van der Waals surface area contributed by atoms with E-state index in [1.54, 1.807) is 0 Å². The average molecular weight is 307 g/mol. The van der Waals surface area contributed by atoms with Crippen LogP contribution in [0.5, 0.6) is 0 Å². The van der Waals surface area contributed by atoms with Crippen LogP contribution in [0.4, 0.5) is 26.3 Å². The van der Waals surface area contributed by atoms with Crippen molar-refractivity contribution < 1.29 is 26.3 Å². The minimum atomic E-state index is -5.66. The van der Waals surface area contributed by atoms with Crippen molar-refractivity contribution in [2.75, 3.05) is 0 Å². The van der Waals surface area contributed by atoms with Crippen molar-refractivity contribution in [3.8, 4) is 0 Å². The number of rotatable bonds is 2. The second kappa shape index (κ2) is 4.27. The van der Waals surface area contributed by atoms with E-state index >= 15 is 0 Å². The molecule has 0 aliphatic carbocycles. The zero-order valence-electron chi connectivity index (χ0n) is 7.53. The minimum absolute atomic E-state index is 0.0944. The average Bonchev–Trinajstić information content (AvgIpc) is 2.14. The van der Waals surface area contributed by atoms with Crippen molar-refractivity contribution in [3.63, 3.8) is 0 Å². The van der Waals surface area contributed by atoms with E-state index < -0.39 is 23.8 Å². The van der Waals surface area contributed by atoms with E-state index in [2.05, 4.69) is 15.9 Å². The summed E-state index contributed by atoms with van der Waals surface area (Å²) in [6, 6.07) is 3.72. The number of hydrogen-bond acceptors (Lipinski definition) is 0. The smallest absolute Gasteiger partial charge is 0.222 e. The third-order valence-electron chi connectivity index (χ3n) is 1.96. The molecule has 1 rings (SSSR count). The molecule has 0 aliphatic rings. The summed E-state index contributed by atoms with van der Waals surface area (Å²) in [6.07, 6.45) is -9.84. The third-order valence-corrected chi connectivity index (χ3v) is 2.45. The second-order valence-corrected chi connectivity index (χ2v) is 3.94. The first-order valence-corrected chi connectivity index (χ1v) is 4.78. The summed E-state index contributed by atoms with van der Waals surface area (Å²) in [5.41, 5.74) is -5.76. The van der Waals surface area contributed by atoms with E-state index in [1.807, 2.05) is 0 Å². The molecular formula is C9H5BrF6. The van der Waals surface area contributed by atoms with E-state index in [0.717, 1.165) is 6.07 Å². The van der Waals surface area contributed by atoms with Gasteiger partial charge in [-0.25, -0.2) is 13.2 Å². The van der Waals surface area contributed by atoms with Crippen LogP contribution in [0.25, 0.3) is 0 Å². The van der Waals surface area contributed by atoms with Crippen molar-refractivity contribution in [2.24, 2.45) is 0 Å². The Labute approximate surface area is 95.4 Å². The molecule has 0 amide bonds. The summed E-state index contributed by atoms with van der Waals surface area (Å²) >= 11 is 2.79. The van der Waals surface area contributed by atoms with Crippen LogP contribution in [-0.2, 0) is 5.67 Å². The van der Waals surface area contributed by atoms with Crippen LogP contribution in [0.3, 0.4) is 0 Å². The molecule has 0 bridgehead atoms. The van der Waals surface area contributed by atoms with Gasteiger partial charge in [0.15, 0.2) is 0 Å². The molecule has 16 heavy (non-hydrogen) atoms. The first kappa shape index (κ1) is 13.3. The van der Waals surface area contributed by atoms with Gasteiger partial charge in [-0.3, -0.25) is 0 Å². The molecule has 0 nitrogen and oxygen atoms in total. The quantitative estimate of drug-likeness (QED) is 0.709. The van der Waals surface area contributed by atoms with Crippen LogP contribution in [0.2, 0.25) is 0 Å². The molecule has 0 spiro atoms. The van der Waals surface area contributed by atoms with Gasteiger partial charge in [-0.05, 0) is 12.1 Å². The number of hydrogen-bond donors (Lipinski definition) is 0. The Morgan fingerprint density at radius 1 is 1.06 bits per heavy atom. The lowest BCUT2D eigenvalue weighted by molar-refractivity contribution is -0.274. The van der Waals surface area contributed by atoms with Crippen molar-refractivity contribution in [2.45, 2.75) is 18.3 Å². The first-order valence-electron chi connectivity index (χ1n) is 3.99. The molecule has 0 aliphatic heterocycles. The summed E-state index contributed by atoms with van der Waals surface area (Å²) in [7, 11) is 0. The molecule has 0 saturated heterocycles. The lowest BCUT2D eigenvalue weighted by Gasteiger charge is -2.27. The van der Waals surface area contributed by atoms with Crippen LogP contribution in [-0.4, -0.2) is 12.6 Å². The zero-order valence-corrected chi connectivity index (χ0v) is 9.12. The fourth-order valence-corrected chi connectivity index (χ4v) is 1.53. The van der Waals surface area contributed by atoms with Crippen LogP contribution >= 0.6 is 15.9 Å². The Balaban J connectivity index is 3.34. The molecular weight excluding hydrogens is 302 g/mol. The maximum absolute atomic E-state index is 13.4. The Kier molecular flexibility index (Phi) is 3.56. The summed E-state index contributed by atoms with van der Waals surface area (Å²) in [6.45, 7) is 0. The lowest BCUT2D eigenvalue weighted by Crippen LogP contribution is -2.44. The zero-order chi connectivity index (χ0) is 12.6. The van der Waals surface area contributed by atoms with Crippen LogP contribution in [0.15, 0.2) is 28.7 Å². The molecule has 90 valence electrons. The van der Waals surface area contributed by atoms with E-state index in [0.29, 0.717) is 12.1 Å². The van der Waals surface area contributed by atoms with Gasteiger partial charge in [0, 0.05) is 10.0 Å². The Morgan fingerprint density at radius 3 is 2.00 bits per heavy atom. The largest absolute Gasteiger partial charge is 0.432 e. The van der Waals surface area contributed by atoms with Gasteiger partial charge in [-0.2, -0.15) is 13.2 Å². The minimum Gasteiger partial charge on any atom is -0.222 e. The normalized spacial score (nSPS) is 16.2. The maximum atomic E-state index is 13.4. The van der Waals surface area contributed by atoms with E-state index in [4.69, 9.17) is 0 Å². The number of halogens is 7. The SMILES string of the molecule is FC(F)C(F)(c1cccc(Br)c1)C(F)(F)F. The Hall–Kier alpha value is -0.720. The van der Waals surface area contributed by atoms with Gasteiger partial charge in [-0.15, -0.1) is 0 Å². The molecule has 0 N–H and O–H groups in total. The van der Waals surface area contributed by atoms with Crippen LogP contribution in [0.1, 0.15) is 5.56 Å². The van der Waals surface area contributed by atoms with Crippen molar-refractivity contribution in [1.82, 2.24) is 0 Å². The predicted octanol–water partition coefficient (Wildman–Crippen LogP) is 4.44. The van der Waals surface area contributed by atoms with Gasteiger partial charge in [0.2, 0.25) is 0 Å². The van der Waals surface area contributed by atoms with E-state index in [9.17, 15) is 26.3 Å². The number of benzene rings is 1. The summed E-state index contributed by atoms with van der Waals surface area (Å²) in [5.74, 6) is 0. The van der Waals surface area contributed by atoms with Gasteiger partial charge < -0.3 is 0 Å². The van der Waals surface area contributed by atoms with E-state index in [1.165, 1.54) is 6.07 Å². The molecule has 1 aromatic rings. The van der Waals surface area contributed by atoms with Crippen molar-refractivity contribution in [3.05, 3.63) is 34.3 Å². The molecule has 1 unspecified atom stereocenters. The molecule has 1 aromatic carbocycles. The topological polar surface area (TPSA) is 0 Å². The Morgan fingerprint density at radius 2 is 1.62 bits per heavy atom. The van der Waals surface area contributed by atoms with Crippen LogP contribution in [0, 0.1) is 0 Å². The molecule has 7 heteroatoms. The van der Waals surface area contributed by atoms with Gasteiger partial charge in [0.25, 0.3) is 12.1 Å². The molecule has 1 atom stereocenters. The fourth-order valence-electron chi connectivity index (χ4n) is 1.13. The molecule has 0 fully saturated rings. The number of alkyl halides is 6. The first-order chi connectivity index (χ1) is 7.19. The molecule has 0 radical (unpaired) electrons. The van der Waals surface area contributed by atoms with Crippen LogP contribution < -0.4 is 0 Å². The lowest BCUT2D eigenvalue weighted by atomic mass is 9.95. The second-order valence-electron chi connectivity index (χ2n) is 3.02. The summed E-state index contributed by atoms with van der Waals surface area (Å²) in [5, 5.41) is 0. The van der Waals surface area contributed by atoms with Gasteiger partial charge in [0.05, 0.1) is 0 Å². The molecule has 0 aromatic heterocycles. The monoisotopic (exact) mass is 306 g/mol. The highest BCUT2D eigenvalue weighted by molar-refractivity contribution is 9.10. The van der Waals surface area contributed by atoms with Gasteiger partial charge in [-0.1, -0.05) is 28.1 Å². The highest BCUT2D eigenvalue weighted by Crippen LogP contribution is 2.47. The van der Waals surface area contributed by atoms with Crippen molar-refractivity contribution >= 4 is 15.9 Å². The highest BCUT2D eigenvalue weighted by Gasteiger charge is 2.63. The van der Waals surface area contributed by atoms with Gasteiger partial charge in [0.1, 0.15) is 0 Å². The van der Waals surface area contributed by atoms with Gasteiger partial charge >= 0.3 is 6.18 Å². The van der Waals surface area contributed by atoms with Crippen molar-refractivity contribution in [1.29, 1.82) is 0 Å². The predicted molar refractivity (Wildman–Crippen MR) is 49.0 cm³/mol. The molecule has 0 saturated carbocycles. The fraction of sp³-hybridized carbons (Fsp3) is 0.333.